The molecular weight excluding hydrogens is 217 g/mol. The Morgan fingerprint density at radius 1 is 1.38 bits per heavy atom. The molecule has 0 saturated carbocycles. The van der Waals surface area contributed by atoms with Gasteiger partial charge in [-0.15, -0.1) is 0 Å². The molecule has 0 atom stereocenters. The van der Waals surface area contributed by atoms with Crippen molar-refractivity contribution in [2.24, 2.45) is 0 Å². The number of hydrogen-bond donors (Lipinski definition) is 1. The molecule has 0 bridgehead atoms. The number of nitrogens with one attached hydrogen (secondary N) is 1. The molecule has 0 aliphatic rings. The van der Waals surface area contributed by atoms with Gasteiger partial charge in [0, 0.05) is 19.1 Å². The van der Waals surface area contributed by atoms with Gasteiger partial charge in [-0.25, -0.2) is 0 Å². The lowest BCUT2D eigenvalue weighted by atomic mass is 10.2. The first-order chi connectivity index (χ1) is 7.24. The van der Waals surface area contributed by atoms with E-state index in [2.05, 4.69) is 11.9 Å². The number of halogens is 3. The maximum atomic E-state index is 12.2. The first kappa shape index (κ1) is 15.4. The second kappa shape index (κ2) is 6.91. The summed E-state index contributed by atoms with van der Waals surface area (Å²) in [6, 6.07) is 0.314. The molecule has 1 N–H and O–H groups in total. The van der Waals surface area contributed by atoms with Gasteiger partial charge in [0.15, 0.2) is 0 Å². The van der Waals surface area contributed by atoms with E-state index in [-0.39, 0.29) is 6.54 Å². The third-order valence-electron chi connectivity index (χ3n) is 2.06. The Labute approximate surface area is 95.5 Å². The van der Waals surface area contributed by atoms with E-state index >= 15 is 0 Å². The predicted octanol–water partition coefficient (Wildman–Crippen LogP) is 2.42. The quantitative estimate of drug-likeness (QED) is 0.685. The third kappa shape index (κ3) is 8.73. The van der Waals surface area contributed by atoms with Crippen molar-refractivity contribution in [1.29, 1.82) is 0 Å². The van der Waals surface area contributed by atoms with Gasteiger partial charge in [-0.1, -0.05) is 27.4 Å². The van der Waals surface area contributed by atoms with Crippen molar-refractivity contribution >= 4 is 0 Å². The van der Waals surface area contributed by atoms with Crippen LogP contribution in [0.2, 0.25) is 0 Å². The van der Waals surface area contributed by atoms with Crippen LogP contribution >= 0.6 is 0 Å². The van der Waals surface area contributed by atoms with E-state index in [0.29, 0.717) is 19.1 Å². The highest BCUT2D eigenvalue weighted by Crippen LogP contribution is 2.16. The van der Waals surface area contributed by atoms with E-state index < -0.39 is 12.7 Å². The molecule has 0 aliphatic carbocycles. The molecule has 5 heteroatoms. The fourth-order valence-corrected chi connectivity index (χ4v) is 1.25. The lowest BCUT2D eigenvalue weighted by Gasteiger charge is -2.23. The largest absolute Gasteiger partial charge is 0.401 e. The lowest BCUT2D eigenvalue weighted by Crippen LogP contribution is -2.37. The van der Waals surface area contributed by atoms with Crippen LogP contribution in [0.25, 0.3) is 0 Å². The van der Waals surface area contributed by atoms with E-state index in [4.69, 9.17) is 0 Å². The number of nitrogens with zero attached hydrogens (tertiary/aromatic N) is 1. The minimum absolute atomic E-state index is 0.287. The zero-order valence-electron chi connectivity index (χ0n) is 10.2. The van der Waals surface area contributed by atoms with Crippen LogP contribution in [0.15, 0.2) is 12.2 Å². The van der Waals surface area contributed by atoms with Crippen LogP contribution in [0.5, 0.6) is 0 Å². The molecule has 0 radical (unpaired) electrons. The standard InChI is InChI=1S/C11H21F3N2/c1-5-16(8-11(12,13)14)7-10(4)6-15-9(2)3/h9,15H,4-8H2,1-3H3. The van der Waals surface area contributed by atoms with E-state index in [9.17, 15) is 13.2 Å². The Kier molecular flexibility index (Phi) is 6.67. The monoisotopic (exact) mass is 238 g/mol. The number of hydrogen-bond acceptors (Lipinski definition) is 2. The van der Waals surface area contributed by atoms with Gasteiger partial charge >= 0.3 is 6.18 Å². The highest BCUT2D eigenvalue weighted by Gasteiger charge is 2.29. The van der Waals surface area contributed by atoms with Crippen LogP contribution in [0.3, 0.4) is 0 Å². The summed E-state index contributed by atoms with van der Waals surface area (Å²) in [6.45, 7) is 9.82. The molecule has 0 heterocycles. The molecular formula is C11H21F3N2. The second-order valence-corrected chi connectivity index (χ2v) is 4.20. The molecule has 96 valence electrons. The van der Waals surface area contributed by atoms with Crippen molar-refractivity contribution in [2.45, 2.75) is 33.0 Å². The summed E-state index contributed by atoms with van der Waals surface area (Å²) in [5.41, 5.74) is 0.778. The Balaban J connectivity index is 3.98. The summed E-state index contributed by atoms with van der Waals surface area (Å²) < 4.78 is 36.5. The Morgan fingerprint density at radius 2 is 1.94 bits per heavy atom. The molecule has 0 saturated heterocycles. The van der Waals surface area contributed by atoms with E-state index in [1.807, 2.05) is 13.8 Å². The minimum atomic E-state index is -4.14. The van der Waals surface area contributed by atoms with Gasteiger partial charge in [0.05, 0.1) is 6.54 Å². The third-order valence-corrected chi connectivity index (χ3v) is 2.06. The maximum Gasteiger partial charge on any atom is 0.401 e. The molecule has 0 amide bonds. The molecule has 0 fully saturated rings. The van der Waals surface area contributed by atoms with Crippen molar-refractivity contribution in [1.82, 2.24) is 10.2 Å². The molecule has 0 aromatic carbocycles. The summed E-state index contributed by atoms with van der Waals surface area (Å²) in [5.74, 6) is 0. The van der Waals surface area contributed by atoms with E-state index in [1.165, 1.54) is 4.90 Å². The smallest absolute Gasteiger partial charge is 0.311 e. The van der Waals surface area contributed by atoms with E-state index in [1.54, 1.807) is 6.92 Å². The summed E-state index contributed by atoms with van der Waals surface area (Å²) in [6.07, 6.45) is -4.14. The molecule has 0 spiro atoms. The number of likely N-dealkylation sites (N-methyl/N-ethyl adjacent to an activating group) is 1. The highest BCUT2D eigenvalue weighted by atomic mass is 19.4. The van der Waals surface area contributed by atoms with Crippen molar-refractivity contribution in [3.05, 3.63) is 12.2 Å². The van der Waals surface area contributed by atoms with Gasteiger partial charge in [0.1, 0.15) is 0 Å². The Bertz CT molecular complexity index is 212. The fraction of sp³-hybridized carbons (Fsp3) is 0.818. The summed E-state index contributed by atoms with van der Waals surface area (Å²) in [5, 5.41) is 3.13. The van der Waals surface area contributed by atoms with Crippen molar-refractivity contribution in [3.63, 3.8) is 0 Å². The van der Waals surface area contributed by atoms with Crippen molar-refractivity contribution in [3.8, 4) is 0 Å². The normalized spacial score (nSPS) is 12.5. The lowest BCUT2D eigenvalue weighted by molar-refractivity contribution is -0.144. The van der Waals surface area contributed by atoms with E-state index in [0.717, 1.165) is 5.57 Å². The Morgan fingerprint density at radius 3 is 2.31 bits per heavy atom. The SMILES string of the molecule is C=C(CNC(C)C)CN(CC)CC(F)(F)F. The fourth-order valence-electron chi connectivity index (χ4n) is 1.25. The highest BCUT2D eigenvalue weighted by molar-refractivity contribution is 5.00. The molecule has 0 aromatic heterocycles. The zero-order valence-corrected chi connectivity index (χ0v) is 10.2. The molecule has 16 heavy (non-hydrogen) atoms. The first-order valence-corrected chi connectivity index (χ1v) is 5.43. The Hall–Kier alpha value is -0.550. The topological polar surface area (TPSA) is 15.3 Å². The summed E-state index contributed by atoms with van der Waals surface area (Å²) >= 11 is 0. The van der Waals surface area contributed by atoms with Gasteiger partial charge in [0.25, 0.3) is 0 Å². The minimum Gasteiger partial charge on any atom is -0.311 e. The van der Waals surface area contributed by atoms with Gasteiger partial charge in [-0.05, 0) is 12.1 Å². The second-order valence-electron chi connectivity index (χ2n) is 4.20. The summed E-state index contributed by atoms with van der Waals surface area (Å²) in [4.78, 5) is 1.34. The van der Waals surface area contributed by atoms with Gasteiger partial charge in [-0.2, -0.15) is 13.2 Å². The maximum absolute atomic E-state index is 12.2. The van der Waals surface area contributed by atoms with Gasteiger partial charge in [0.2, 0.25) is 0 Å². The average molecular weight is 238 g/mol. The summed E-state index contributed by atoms with van der Waals surface area (Å²) in [7, 11) is 0. The van der Waals surface area contributed by atoms with Gasteiger partial charge < -0.3 is 5.32 Å². The van der Waals surface area contributed by atoms with Crippen LogP contribution in [-0.2, 0) is 0 Å². The molecule has 2 nitrogen and oxygen atoms in total. The molecule has 0 aliphatic heterocycles. The van der Waals surface area contributed by atoms with Crippen LogP contribution in [0, 0.1) is 0 Å². The van der Waals surface area contributed by atoms with Crippen molar-refractivity contribution < 1.29 is 13.2 Å². The zero-order chi connectivity index (χ0) is 12.8. The van der Waals surface area contributed by atoms with Crippen LogP contribution < -0.4 is 5.32 Å². The number of alkyl halides is 3. The number of rotatable bonds is 7. The molecule has 0 unspecified atom stereocenters. The van der Waals surface area contributed by atoms with Crippen LogP contribution in [0.4, 0.5) is 13.2 Å². The predicted molar refractivity (Wildman–Crippen MR) is 60.4 cm³/mol. The first-order valence-electron chi connectivity index (χ1n) is 5.43. The van der Waals surface area contributed by atoms with Crippen LogP contribution in [-0.4, -0.2) is 43.3 Å². The van der Waals surface area contributed by atoms with Gasteiger partial charge in [-0.3, -0.25) is 4.90 Å². The van der Waals surface area contributed by atoms with Crippen LogP contribution in [0.1, 0.15) is 20.8 Å². The molecule has 0 aromatic rings. The average Bonchev–Trinajstić information content (AvgIpc) is 2.11. The molecule has 0 rings (SSSR count). The van der Waals surface area contributed by atoms with Crippen molar-refractivity contribution in [2.75, 3.05) is 26.2 Å².